The fraction of sp³-hybridized carbons (Fsp3) is 0.0714. The van der Waals surface area contributed by atoms with Crippen LogP contribution in [0.15, 0.2) is 140 Å². The molecule has 0 saturated heterocycles. The van der Waals surface area contributed by atoms with Gasteiger partial charge in [-0.1, -0.05) is 92.7 Å². The van der Waals surface area contributed by atoms with Crippen LogP contribution in [0, 0.1) is 0 Å². The summed E-state index contributed by atoms with van der Waals surface area (Å²) >= 11 is 0. The molecule has 0 radical (unpaired) electrons. The van der Waals surface area contributed by atoms with Crippen molar-refractivity contribution in [2.45, 2.75) is 19.3 Å². The van der Waals surface area contributed by atoms with Crippen LogP contribution in [0.2, 0.25) is 0 Å². The van der Waals surface area contributed by atoms with Crippen molar-refractivity contribution in [2.75, 3.05) is 0 Å². The smallest absolute Gasteiger partial charge is 0.137 e. The van der Waals surface area contributed by atoms with E-state index in [1.54, 1.807) is 0 Å². The molecule has 1 aliphatic rings. The molecule has 3 heteroatoms. The summed E-state index contributed by atoms with van der Waals surface area (Å²) in [4.78, 5) is 4.87. The van der Waals surface area contributed by atoms with E-state index in [1.165, 1.54) is 65.6 Å². The predicted molar refractivity (Wildman–Crippen MR) is 188 cm³/mol. The number of pyridine rings is 1. The molecule has 9 aromatic rings. The largest absolute Gasteiger partial charge is 0.309 e. The van der Waals surface area contributed by atoms with Crippen molar-refractivity contribution in [3.8, 4) is 28.1 Å². The molecule has 3 aromatic heterocycles. The highest BCUT2D eigenvalue weighted by atomic mass is 15.0. The molecule has 0 bridgehead atoms. The zero-order valence-corrected chi connectivity index (χ0v) is 25.1. The average Bonchev–Trinajstić information content (AvgIpc) is 3.72. The standard InChI is InChI=1S/C42H29N3/c1-42(2)36-22-29-11-4-3-10-28(29)21-33(36)34-23-35-32-19-16-26-9-5-6-12-31(26)41(32)45(39(35)24-37(34)42)30-17-14-27(15-18-30)38-25-44-20-8-7-13-40(44)43-38/h3-25H,1-2H3. The summed E-state index contributed by atoms with van der Waals surface area (Å²) in [6, 6.07) is 46.8. The molecule has 0 amide bonds. The van der Waals surface area contributed by atoms with E-state index in [0.717, 1.165) is 22.6 Å². The molecule has 0 unspecified atom stereocenters. The van der Waals surface area contributed by atoms with Gasteiger partial charge in [-0.3, -0.25) is 0 Å². The van der Waals surface area contributed by atoms with Crippen molar-refractivity contribution in [1.82, 2.24) is 14.0 Å². The van der Waals surface area contributed by atoms with Gasteiger partial charge in [0.05, 0.1) is 16.7 Å². The van der Waals surface area contributed by atoms with Gasteiger partial charge in [-0.2, -0.15) is 0 Å². The van der Waals surface area contributed by atoms with Gasteiger partial charge in [-0.15, -0.1) is 0 Å². The Morgan fingerprint density at radius 2 is 1.29 bits per heavy atom. The monoisotopic (exact) mass is 575 g/mol. The summed E-state index contributed by atoms with van der Waals surface area (Å²) in [5, 5.41) is 7.67. The van der Waals surface area contributed by atoms with Crippen molar-refractivity contribution in [3.05, 3.63) is 151 Å². The topological polar surface area (TPSA) is 22.2 Å². The Balaban J connectivity index is 1.25. The third-order valence-corrected chi connectivity index (χ3v) is 10.1. The number of fused-ring (bicyclic) bond motifs is 10. The summed E-state index contributed by atoms with van der Waals surface area (Å²) in [5.41, 5.74) is 12.1. The molecule has 45 heavy (non-hydrogen) atoms. The molecule has 3 heterocycles. The Kier molecular flexibility index (Phi) is 4.79. The molecule has 3 nitrogen and oxygen atoms in total. The number of rotatable bonds is 2. The summed E-state index contributed by atoms with van der Waals surface area (Å²) in [6.45, 7) is 4.76. The Morgan fingerprint density at radius 3 is 2.11 bits per heavy atom. The second-order valence-electron chi connectivity index (χ2n) is 12.9. The Labute approximate surface area is 260 Å². The molecule has 0 N–H and O–H groups in total. The number of hydrogen-bond acceptors (Lipinski definition) is 1. The molecule has 0 aliphatic heterocycles. The van der Waals surface area contributed by atoms with Crippen LogP contribution in [-0.4, -0.2) is 14.0 Å². The zero-order chi connectivity index (χ0) is 29.9. The van der Waals surface area contributed by atoms with Crippen LogP contribution >= 0.6 is 0 Å². The van der Waals surface area contributed by atoms with Gasteiger partial charge < -0.3 is 8.97 Å². The molecule has 212 valence electrons. The minimum absolute atomic E-state index is 0.112. The summed E-state index contributed by atoms with van der Waals surface area (Å²) < 4.78 is 4.56. The third-order valence-electron chi connectivity index (χ3n) is 10.1. The van der Waals surface area contributed by atoms with Gasteiger partial charge in [0.1, 0.15) is 5.65 Å². The highest BCUT2D eigenvalue weighted by Gasteiger charge is 2.36. The number of nitrogens with zero attached hydrogens (tertiary/aromatic N) is 3. The highest BCUT2D eigenvalue weighted by molar-refractivity contribution is 6.19. The SMILES string of the molecule is CC1(C)c2cc3ccccc3cc2-c2cc3c4ccc5ccccc5c4n(-c4ccc(-c5cn6ccccc6n5)cc4)c3cc21. The molecular formula is C42H29N3. The van der Waals surface area contributed by atoms with Gasteiger partial charge in [0, 0.05) is 45.2 Å². The first-order valence-electron chi connectivity index (χ1n) is 15.6. The van der Waals surface area contributed by atoms with E-state index in [0.29, 0.717) is 0 Å². The lowest BCUT2D eigenvalue weighted by Gasteiger charge is -2.22. The van der Waals surface area contributed by atoms with Crippen molar-refractivity contribution in [1.29, 1.82) is 0 Å². The van der Waals surface area contributed by atoms with E-state index in [2.05, 4.69) is 138 Å². The van der Waals surface area contributed by atoms with Crippen molar-refractivity contribution >= 4 is 49.0 Å². The van der Waals surface area contributed by atoms with E-state index in [-0.39, 0.29) is 5.41 Å². The lowest BCUT2D eigenvalue weighted by molar-refractivity contribution is 0.662. The Morgan fingerprint density at radius 1 is 0.578 bits per heavy atom. The molecule has 0 saturated carbocycles. The molecule has 1 aliphatic carbocycles. The van der Waals surface area contributed by atoms with E-state index in [1.807, 2.05) is 24.4 Å². The first-order chi connectivity index (χ1) is 22.0. The second-order valence-corrected chi connectivity index (χ2v) is 12.9. The second kappa shape index (κ2) is 8.71. The van der Waals surface area contributed by atoms with Crippen LogP contribution < -0.4 is 0 Å². The Hall–Kier alpha value is -5.67. The number of imidazole rings is 1. The highest BCUT2D eigenvalue weighted by Crippen LogP contribution is 2.52. The maximum atomic E-state index is 4.87. The predicted octanol–water partition coefficient (Wildman–Crippen LogP) is 10.7. The van der Waals surface area contributed by atoms with E-state index < -0.39 is 0 Å². The maximum Gasteiger partial charge on any atom is 0.137 e. The van der Waals surface area contributed by atoms with Crippen molar-refractivity contribution < 1.29 is 0 Å². The van der Waals surface area contributed by atoms with Crippen molar-refractivity contribution in [3.63, 3.8) is 0 Å². The average molecular weight is 576 g/mol. The lowest BCUT2D eigenvalue weighted by atomic mass is 9.81. The van der Waals surface area contributed by atoms with Crippen LogP contribution in [0.4, 0.5) is 0 Å². The van der Waals surface area contributed by atoms with Crippen LogP contribution in [0.1, 0.15) is 25.0 Å². The minimum atomic E-state index is -0.112. The van der Waals surface area contributed by atoms with Gasteiger partial charge in [-0.25, -0.2) is 4.98 Å². The quantitative estimate of drug-likeness (QED) is 0.201. The summed E-state index contributed by atoms with van der Waals surface area (Å²) in [7, 11) is 0. The van der Waals surface area contributed by atoms with Crippen molar-refractivity contribution in [2.24, 2.45) is 0 Å². The van der Waals surface area contributed by atoms with Gasteiger partial charge in [0.2, 0.25) is 0 Å². The van der Waals surface area contributed by atoms with E-state index in [9.17, 15) is 0 Å². The molecule has 6 aromatic carbocycles. The van der Waals surface area contributed by atoms with Crippen LogP contribution in [0.3, 0.4) is 0 Å². The zero-order valence-electron chi connectivity index (χ0n) is 25.1. The summed E-state index contributed by atoms with van der Waals surface area (Å²) in [5.74, 6) is 0. The van der Waals surface area contributed by atoms with Gasteiger partial charge in [0.15, 0.2) is 0 Å². The van der Waals surface area contributed by atoms with E-state index >= 15 is 0 Å². The first-order valence-corrected chi connectivity index (χ1v) is 15.6. The van der Waals surface area contributed by atoms with Gasteiger partial charge in [0.25, 0.3) is 0 Å². The lowest BCUT2D eigenvalue weighted by Crippen LogP contribution is -2.15. The third kappa shape index (κ3) is 3.38. The van der Waals surface area contributed by atoms with Crippen LogP contribution in [0.5, 0.6) is 0 Å². The van der Waals surface area contributed by atoms with Crippen LogP contribution in [-0.2, 0) is 5.41 Å². The number of benzene rings is 6. The normalized spacial score (nSPS) is 13.7. The molecule has 0 fully saturated rings. The molecular weight excluding hydrogens is 546 g/mol. The fourth-order valence-electron chi connectivity index (χ4n) is 7.81. The van der Waals surface area contributed by atoms with Gasteiger partial charge in [-0.05, 0) is 86.9 Å². The van der Waals surface area contributed by atoms with E-state index in [4.69, 9.17) is 4.98 Å². The first kappa shape index (κ1) is 24.7. The molecule has 10 rings (SSSR count). The number of aromatic nitrogens is 3. The number of hydrogen-bond donors (Lipinski definition) is 0. The molecule has 0 spiro atoms. The molecule has 0 atom stereocenters. The maximum absolute atomic E-state index is 4.87. The fourth-order valence-corrected chi connectivity index (χ4v) is 7.81. The Bertz CT molecular complexity index is 2630. The van der Waals surface area contributed by atoms with Gasteiger partial charge >= 0.3 is 0 Å². The minimum Gasteiger partial charge on any atom is -0.309 e. The van der Waals surface area contributed by atoms with Crippen LogP contribution in [0.25, 0.3) is 77.1 Å². The summed E-state index contributed by atoms with van der Waals surface area (Å²) in [6.07, 6.45) is 4.15.